The lowest BCUT2D eigenvalue weighted by Gasteiger charge is -2.12. The summed E-state index contributed by atoms with van der Waals surface area (Å²) in [5, 5.41) is 55.7. The molecule has 0 radical (unpaired) electrons. The molecule has 0 spiro atoms. The fourth-order valence-corrected chi connectivity index (χ4v) is 2.12. The molecule has 0 amide bonds. The van der Waals surface area contributed by atoms with Gasteiger partial charge in [-0.25, -0.2) is 0 Å². The number of carbonyl (C=O) groups is 1. The van der Waals surface area contributed by atoms with Gasteiger partial charge in [0, 0.05) is 12.4 Å². The lowest BCUT2D eigenvalue weighted by molar-refractivity contribution is -0.315. The summed E-state index contributed by atoms with van der Waals surface area (Å²) in [6.07, 6.45) is 15.3. The largest absolute Gasteiger partial charge is 0.550 e. The molecule has 0 heterocycles. The van der Waals surface area contributed by atoms with Crippen molar-refractivity contribution in [1.29, 1.82) is 0 Å². The molecular formula is C20H31O7-. The first kappa shape index (κ1) is 25.2. The molecule has 154 valence electrons. The molecule has 0 saturated heterocycles. The number of unbranched alkanes of at least 4 members (excludes halogenated alkanes) is 2. The van der Waals surface area contributed by atoms with E-state index >= 15 is 0 Å². The molecule has 0 bridgehead atoms. The summed E-state index contributed by atoms with van der Waals surface area (Å²) in [4.78, 5) is 10.2. The van der Waals surface area contributed by atoms with E-state index in [-0.39, 0.29) is 12.8 Å². The zero-order valence-corrected chi connectivity index (χ0v) is 15.5. The van der Waals surface area contributed by atoms with Crippen molar-refractivity contribution in [2.45, 2.75) is 69.5 Å². The summed E-state index contributed by atoms with van der Waals surface area (Å²) in [6.45, 7) is 0. The molecule has 0 aliphatic carbocycles. The van der Waals surface area contributed by atoms with Crippen LogP contribution in [0.4, 0.5) is 0 Å². The zero-order valence-electron chi connectivity index (χ0n) is 15.5. The van der Waals surface area contributed by atoms with Crippen LogP contribution in [0.5, 0.6) is 0 Å². The van der Waals surface area contributed by atoms with Gasteiger partial charge in [-0.1, -0.05) is 48.6 Å². The van der Waals surface area contributed by atoms with Crippen LogP contribution in [-0.4, -0.2) is 49.7 Å². The minimum Gasteiger partial charge on any atom is -0.550 e. The highest BCUT2D eigenvalue weighted by molar-refractivity contribution is 5.64. The molecule has 0 fully saturated rings. The number of allylic oxidation sites excluding steroid dienone is 5. The van der Waals surface area contributed by atoms with E-state index in [1.54, 1.807) is 36.5 Å². The Morgan fingerprint density at radius 3 is 2.11 bits per heavy atom. The smallest absolute Gasteiger partial charge is 0.275 e. The molecule has 0 aliphatic rings. The number of aliphatic carboxylic acids is 1. The number of carbonyl (C=O) groups excluding carboxylic acids is 1. The third-order valence-electron chi connectivity index (χ3n) is 3.56. The van der Waals surface area contributed by atoms with Gasteiger partial charge in [0.25, 0.3) is 5.97 Å². The molecule has 0 aromatic rings. The lowest BCUT2D eigenvalue weighted by Crippen LogP contribution is -2.26. The van der Waals surface area contributed by atoms with Crippen LogP contribution in [0.25, 0.3) is 0 Å². The first-order valence-corrected chi connectivity index (χ1v) is 9.10. The van der Waals surface area contributed by atoms with Crippen molar-refractivity contribution in [3.05, 3.63) is 48.6 Å². The summed E-state index contributed by atoms with van der Waals surface area (Å²) >= 11 is 0. The van der Waals surface area contributed by atoms with Gasteiger partial charge in [-0.3, -0.25) is 0 Å². The minimum absolute atomic E-state index is 0.0650. The van der Waals surface area contributed by atoms with Crippen LogP contribution in [0.15, 0.2) is 48.6 Å². The van der Waals surface area contributed by atoms with E-state index < -0.39 is 24.2 Å². The molecule has 7 heteroatoms. The van der Waals surface area contributed by atoms with Crippen LogP contribution in [0.3, 0.4) is 0 Å². The number of hydrogen-bond donors (Lipinski definition) is 5. The molecule has 0 aromatic carbocycles. The second kappa shape index (κ2) is 15.3. The van der Waals surface area contributed by atoms with Crippen molar-refractivity contribution in [3.63, 3.8) is 0 Å². The molecule has 2 atom stereocenters. The normalized spacial score (nSPS) is 15.4. The fraction of sp³-hybridized carbons (Fsp3) is 0.550. The van der Waals surface area contributed by atoms with Gasteiger partial charge in [0.15, 0.2) is 0 Å². The molecule has 0 unspecified atom stereocenters. The third kappa shape index (κ3) is 20.4. The fourth-order valence-electron chi connectivity index (χ4n) is 2.12. The summed E-state index contributed by atoms with van der Waals surface area (Å²) in [7, 11) is 0. The van der Waals surface area contributed by atoms with E-state index in [0.717, 1.165) is 6.42 Å². The molecule has 0 aliphatic heterocycles. The minimum atomic E-state index is -2.59. The Morgan fingerprint density at radius 2 is 1.52 bits per heavy atom. The molecule has 5 N–H and O–H groups in total. The third-order valence-corrected chi connectivity index (χ3v) is 3.56. The van der Waals surface area contributed by atoms with Crippen LogP contribution < -0.4 is 5.11 Å². The maximum atomic E-state index is 10.2. The van der Waals surface area contributed by atoms with Gasteiger partial charge in [0.2, 0.25) is 0 Å². The maximum Gasteiger partial charge on any atom is 0.275 e. The second-order valence-electron chi connectivity index (χ2n) is 6.28. The summed E-state index contributed by atoms with van der Waals surface area (Å²) in [6, 6.07) is 0. The van der Waals surface area contributed by atoms with E-state index in [2.05, 4.69) is 0 Å². The van der Waals surface area contributed by atoms with Crippen molar-refractivity contribution in [2.75, 3.05) is 0 Å². The quantitative estimate of drug-likeness (QED) is 0.119. The average Bonchev–Trinajstić information content (AvgIpc) is 2.55. The van der Waals surface area contributed by atoms with Crippen LogP contribution in [0.1, 0.15) is 51.4 Å². The molecule has 7 nitrogen and oxygen atoms in total. The van der Waals surface area contributed by atoms with Crippen LogP contribution in [-0.2, 0) is 4.79 Å². The van der Waals surface area contributed by atoms with Gasteiger partial charge < -0.3 is 35.4 Å². The molecule has 0 rings (SSSR count). The van der Waals surface area contributed by atoms with Gasteiger partial charge in [0.1, 0.15) is 0 Å². The van der Waals surface area contributed by atoms with E-state index in [1.165, 1.54) is 0 Å². The molecule has 0 saturated carbocycles. The van der Waals surface area contributed by atoms with E-state index in [0.29, 0.717) is 32.1 Å². The predicted molar refractivity (Wildman–Crippen MR) is 99.9 cm³/mol. The Labute approximate surface area is 160 Å². The first-order chi connectivity index (χ1) is 12.7. The van der Waals surface area contributed by atoms with Gasteiger partial charge in [-0.05, 0) is 44.9 Å². The Morgan fingerprint density at radius 1 is 0.889 bits per heavy atom. The Hall–Kier alpha value is -1.77. The number of aliphatic hydroxyl groups excluding tert-OH is 2. The Kier molecular flexibility index (Phi) is 14.3. The second-order valence-corrected chi connectivity index (χ2v) is 6.28. The van der Waals surface area contributed by atoms with E-state index in [4.69, 9.17) is 15.3 Å². The molecule has 27 heavy (non-hydrogen) atoms. The highest BCUT2D eigenvalue weighted by Gasteiger charge is 2.16. The predicted octanol–water partition coefficient (Wildman–Crippen LogP) is 0.434. The van der Waals surface area contributed by atoms with Crippen molar-refractivity contribution >= 4 is 5.97 Å². The summed E-state index contributed by atoms with van der Waals surface area (Å²) in [5.41, 5.74) is 0. The monoisotopic (exact) mass is 383 g/mol. The SMILES string of the molecule is O=C([O-])CCC[C@H](O)\C=C/C=C/C=C/[C@H](O)C/C=C\CCCCC(O)(O)O. The van der Waals surface area contributed by atoms with E-state index in [1.807, 2.05) is 12.2 Å². The maximum absolute atomic E-state index is 10.2. The van der Waals surface area contributed by atoms with Crippen molar-refractivity contribution in [1.82, 2.24) is 0 Å². The van der Waals surface area contributed by atoms with Crippen LogP contribution in [0, 0.1) is 0 Å². The highest BCUT2D eigenvalue weighted by atomic mass is 16.7. The van der Waals surface area contributed by atoms with Crippen molar-refractivity contribution in [2.24, 2.45) is 0 Å². The Balaban J connectivity index is 3.82. The first-order valence-electron chi connectivity index (χ1n) is 9.10. The standard InChI is InChI=1S/C20H32O7/c21-17(11-6-2-1-5-9-16-20(25,26)27)12-7-3-4-8-13-18(22)14-10-15-19(23)24/h2-4,6-8,12-13,17-18,21-22,25-27H,1,5,9-11,14-16H2,(H,23,24)/p-1/b4-3+,6-2-,12-7+,13-8-/t17-,18-/m1/s1. The van der Waals surface area contributed by atoms with E-state index in [9.17, 15) is 20.1 Å². The summed E-state index contributed by atoms with van der Waals surface area (Å²) < 4.78 is 0. The lowest BCUT2D eigenvalue weighted by atomic mass is 10.1. The molecular weight excluding hydrogens is 352 g/mol. The average molecular weight is 383 g/mol. The van der Waals surface area contributed by atoms with Gasteiger partial charge in [0.05, 0.1) is 12.2 Å². The number of carboxylic acids is 1. The topological polar surface area (TPSA) is 141 Å². The number of rotatable bonds is 15. The molecule has 0 aromatic heterocycles. The number of carboxylic acid groups (broad SMARTS) is 1. The van der Waals surface area contributed by atoms with Crippen molar-refractivity contribution < 1.29 is 35.4 Å². The zero-order chi connectivity index (χ0) is 20.5. The number of aliphatic hydroxyl groups is 5. The van der Waals surface area contributed by atoms with Crippen LogP contribution >= 0.6 is 0 Å². The van der Waals surface area contributed by atoms with Crippen molar-refractivity contribution in [3.8, 4) is 0 Å². The Bertz CT molecular complexity index is 501. The van der Waals surface area contributed by atoms with Gasteiger partial charge in [-0.15, -0.1) is 0 Å². The number of hydrogen-bond acceptors (Lipinski definition) is 7. The van der Waals surface area contributed by atoms with Crippen LogP contribution in [0.2, 0.25) is 0 Å². The van der Waals surface area contributed by atoms with Gasteiger partial charge in [-0.2, -0.15) is 0 Å². The summed E-state index contributed by atoms with van der Waals surface area (Å²) in [5.74, 6) is -3.71. The van der Waals surface area contributed by atoms with Gasteiger partial charge >= 0.3 is 0 Å². The highest BCUT2D eigenvalue weighted by Crippen LogP contribution is 2.09.